The number of carboxylic acids is 1. The van der Waals surface area contributed by atoms with E-state index in [1.165, 1.54) is 6.92 Å². The quantitative estimate of drug-likeness (QED) is 0.759. The summed E-state index contributed by atoms with van der Waals surface area (Å²) in [6.07, 6.45) is 0. The molecule has 16 heavy (non-hydrogen) atoms. The van der Waals surface area contributed by atoms with E-state index in [0.29, 0.717) is 0 Å². The molecular weight excluding hydrogens is 206 g/mol. The van der Waals surface area contributed by atoms with E-state index in [2.05, 4.69) is 5.32 Å². The summed E-state index contributed by atoms with van der Waals surface area (Å²) in [6.45, 7) is 3.19. The maximum Gasteiger partial charge on any atom is 0.315 e. The van der Waals surface area contributed by atoms with Crippen LogP contribution in [0.5, 0.6) is 0 Å². The van der Waals surface area contributed by atoms with Crippen LogP contribution in [0, 0.1) is 5.92 Å². The maximum atomic E-state index is 11.5. The molecule has 2 atom stereocenters. The van der Waals surface area contributed by atoms with Crippen LogP contribution in [0.1, 0.15) is 25.5 Å². The van der Waals surface area contributed by atoms with Crippen LogP contribution in [0.15, 0.2) is 30.3 Å². The van der Waals surface area contributed by atoms with Gasteiger partial charge in [-0.25, -0.2) is 0 Å². The average Bonchev–Trinajstić information content (AvgIpc) is 2.28. The zero-order chi connectivity index (χ0) is 12.1. The van der Waals surface area contributed by atoms with Crippen molar-refractivity contribution in [2.45, 2.75) is 19.9 Å². The Kier molecular flexibility index (Phi) is 4.05. The molecule has 0 aromatic heterocycles. The van der Waals surface area contributed by atoms with Crippen LogP contribution in [0.25, 0.3) is 0 Å². The monoisotopic (exact) mass is 221 g/mol. The van der Waals surface area contributed by atoms with E-state index in [1.54, 1.807) is 0 Å². The molecule has 1 amide bonds. The Morgan fingerprint density at radius 2 is 1.75 bits per heavy atom. The fraction of sp³-hybridized carbons (Fsp3) is 0.333. The average molecular weight is 221 g/mol. The number of aliphatic carboxylic acids is 1. The van der Waals surface area contributed by atoms with E-state index in [9.17, 15) is 9.59 Å². The highest BCUT2D eigenvalue weighted by Gasteiger charge is 2.21. The lowest BCUT2D eigenvalue weighted by Crippen LogP contribution is -2.35. The molecule has 1 rings (SSSR count). The lowest BCUT2D eigenvalue weighted by atomic mass is 10.1. The second kappa shape index (κ2) is 5.30. The highest BCUT2D eigenvalue weighted by molar-refractivity contribution is 5.96. The van der Waals surface area contributed by atoms with Crippen LogP contribution >= 0.6 is 0 Å². The Morgan fingerprint density at radius 3 is 2.25 bits per heavy atom. The first kappa shape index (κ1) is 12.2. The molecule has 4 heteroatoms. The Hall–Kier alpha value is -1.84. The van der Waals surface area contributed by atoms with Gasteiger partial charge in [0.2, 0.25) is 5.91 Å². The first-order chi connectivity index (χ1) is 7.52. The van der Waals surface area contributed by atoms with Gasteiger partial charge in [0.15, 0.2) is 0 Å². The van der Waals surface area contributed by atoms with Crippen molar-refractivity contribution in [3.05, 3.63) is 35.9 Å². The van der Waals surface area contributed by atoms with Gasteiger partial charge < -0.3 is 10.4 Å². The van der Waals surface area contributed by atoms with Crippen molar-refractivity contribution in [1.29, 1.82) is 0 Å². The molecule has 0 fully saturated rings. The van der Waals surface area contributed by atoms with Crippen molar-refractivity contribution in [1.82, 2.24) is 5.32 Å². The van der Waals surface area contributed by atoms with Gasteiger partial charge in [-0.05, 0) is 19.4 Å². The molecule has 0 radical (unpaired) electrons. The molecule has 1 aromatic carbocycles. The summed E-state index contributed by atoms with van der Waals surface area (Å²) in [6, 6.07) is 9.22. The second-order valence-electron chi connectivity index (χ2n) is 3.70. The third-order valence-corrected chi connectivity index (χ3v) is 2.42. The summed E-state index contributed by atoms with van der Waals surface area (Å²) in [4.78, 5) is 22.1. The number of amides is 1. The molecule has 1 unspecified atom stereocenters. The van der Waals surface area contributed by atoms with Crippen molar-refractivity contribution in [3.63, 3.8) is 0 Å². The smallest absolute Gasteiger partial charge is 0.315 e. The zero-order valence-corrected chi connectivity index (χ0v) is 9.31. The molecule has 0 saturated heterocycles. The molecule has 2 N–H and O–H groups in total. The molecule has 0 aliphatic carbocycles. The van der Waals surface area contributed by atoms with Crippen molar-refractivity contribution >= 4 is 11.9 Å². The molecule has 0 bridgehead atoms. The highest BCUT2D eigenvalue weighted by atomic mass is 16.4. The van der Waals surface area contributed by atoms with E-state index in [-0.39, 0.29) is 6.04 Å². The Balaban J connectivity index is 2.62. The van der Waals surface area contributed by atoms with Crippen molar-refractivity contribution in [2.24, 2.45) is 5.92 Å². The van der Waals surface area contributed by atoms with E-state index in [0.717, 1.165) is 5.56 Å². The van der Waals surface area contributed by atoms with Gasteiger partial charge in [0.05, 0.1) is 6.04 Å². The Bertz CT molecular complexity index is 375. The summed E-state index contributed by atoms with van der Waals surface area (Å²) in [5, 5.41) is 11.3. The van der Waals surface area contributed by atoms with E-state index in [1.807, 2.05) is 37.3 Å². The lowest BCUT2D eigenvalue weighted by Gasteiger charge is -2.15. The van der Waals surface area contributed by atoms with Gasteiger partial charge in [0.1, 0.15) is 5.92 Å². The minimum atomic E-state index is -1.11. The second-order valence-corrected chi connectivity index (χ2v) is 3.70. The third kappa shape index (κ3) is 3.08. The number of nitrogens with one attached hydrogen (secondary N) is 1. The Morgan fingerprint density at radius 1 is 1.19 bits per heavy atom. The molecule has 86 valence electrons. The van der Waals surface area contributed by atoms with Gasteiger partial charge in [-0.1, -0.05) is 30.3 Å². The SMILES string of the molecule is CC(C(=O)O)C(=O)N[C@H](C)c1ccccc1. The normalized spacial score (nSPS) is 13.9. The predicted molar refractivity (Wildman–Crippen MR) is 59.8 cm³/mol. The molecule has 0 saturated carbocycles. The van der Waals surface area contributed by atoms with E-state index in [4.69, 9.17) is 5.11 Å². The fourth-order valence-electron chi connectivity index (χ4n) is 1.28. The maximum absolute atomic E-state index is 11.5. The van der Waals surface area contributed by atoms with Gasteiger partial charge >= 0.3 is 5.97 Å². The number of hydrogen-bond acceptors (Lipinski definition) is 2. The summed E-state index contributed by atoms with van der Waals surface area (Å²) in [5.41, 5.74) is 0.952. The van der Waals surface area contributed by atoms with Gasteiger partial charge in [0.25, 0.3) is 0 Å². The van der Waals surface area contributed by atoms with E-state index >= 15 is 0 Å². The molecular formula is C12H15NO3. The molecule has 0 aliphatic rings. The number of carboxylic acid groups (broad SMARTS) is 1. The van der Waals surface area contributed by atoms with Crippen molar-refractivity contribution in [3.8, 4) is 0 Å². The summed E-state index contributed by atoms with van der Waals surface area (Å²) in [7, 11) is 0. The number of carbonyl (C=O) groups excluding carboxylic acids is 1. The van der Waals surface area contributed by atoms with Gasteiger partial charge in [-0.2, -0.15) is 0 Å². The van der Waals surface area contributed by atoms with Crippen LogP contribution in [0.2, 0.25) is 0 Å². The van der Waals surface area contributed by atoms with Gasteiger partial charge in [-0.15, -0.1) is 0 Å². The Labute approximate surface area is 94.3 Å². The molecule has 0 aliphatic heterocycles. The topological polar surface area (TPSA) is 66.4 Å². The zero-order valence-electron chi connectivity index (χ0n) is 9.31. The summed E-state index contributed by atoms with van der Waals surface area (Å²) >= 11 is 0. The fourth-order valence-corrected chi connectivity index (χ4v) is 1.28. The number of carbonyl (C=O) groups is 2. The molecule has 0 spiro atoms. The first-order valence-corrected chi connectivity index (χ1v) is 5.10. The lowest BCUT2D eigenvalue weighted by molar-refractivity contribution is -0.146. The van der Waals surface area contributed by atoms with Crippen LogP contribution in [-0.4, -0.2) is 17.0 Å². The highest BCUT2D eigenvalue weighted by Crippen LogP contribution is 2.11. The molecule has 0 heterocycles. The standard InChI is InChI=1S/C12H15NO3/c1-8(12(15)16)11(14)13-9(2)10-6-4-3-5-7-10/h3-9H,1-2H3,(H,13,14)(H,15,16)/t8?,9-/m1/s1. The van der Waals surface area contributed by atoms with Crippen molar-refractivity contribution < 1.29 is 14.7 Å². The van der Waals surface area contributed by atoms with Gasteiger partial charge in [-0.3, -0.25) is 9.59 Å². The minimum absolute atomic E-state index is 0.185. The third-order valence-electron chi connectivity index (χ3n) is 2.42. The minimum Gasteiger partial charge on any atom is -0.481 e. The van der Waals surface area contributed by atoms with Crippen molar-refractivity contribution in [2.75, 3.05) is 0 Å². The van der Waals surface area contributed by atoms with Crippen LogP contribution in [0.3, 0.4) is 0 Å². The molecule has 4 nitrogen and oxygen atoms in total. The van der Waals surface area contributed by atoms with Crippen LogP contribution in [0.4, 0.5) is 0 Å². The largest absolute Gasteiger partial charge is 0.481 e. The summed E-state index contributed by atoms with van der Waals surface area (Å²) < 4.78 is 0. The summed E-state index contributed by atoms with van der Waals surface area (Å²) in [5.74, 6) is -2.60. The van der Waals surface area contributed by atoms with E-state index < -0.39 is 17.8 Å². The number of rotatable bonds is 4. The number of benzene rings is 1. The van der Waals surface area contributed by atoms with Gasteiger partial charge in [0, 0.05) is 0 Å². The van der Waals surface area contributed by atoms with Crippen LogP contribution in [-0.2, 0) is 9.59 Å². The predicted octanol–water partition coefficient (Wildman–Crippen LogP) is 1.58. The first-order valence-electron chi connectivity index (χ1n) is 5.10. The molecule has 1 aromatic rings. The number of hydrogen-bond donors (Lipinski definition) is 2. The van der Waals surface area contributed by atoms with Crippen LogP contribution < -0.4 is 5.32 Å².